The van der Waals surface area contributed by atoms with Crippen molar-refractivity contribution < 1.29 is 9.13 Å². The Morgan fingerprint density at radius 3 is 2.68 bits per heavy atom. The van der Waals surface area contributed by atoms with Gasteiger partial charge in [0.15, 0.2) is 5.96 Å². The van der Waals surface area contributed by atoms with E-state index in [2.05, 4.69) is 29.4 Å². The van der Waals surface area contributed by atoms with E-state index >= 15 is 0 Å². The van der Waals surface area contributed by atoms with Gasteiger partial charge in [0.05, 0.1) is 13.2 Å². The van der Waals surface area contributed by atoms with E-state index in [0.29, 0.717) is 18.2 Å². The van der Waals surface area contributed by atoms with Crippen LogP contribution < -0.4 is 10.6 Å². The van der Waals surface area contributed by atoms with Crippen LogP contribution in [0, 0.1) is 5.82 Å². The molecule has 1 aromatic rings. The van der Waals surface area contributed by atoms with Crippen molar-refractivity contribution >= 4 is 29.9 Å². The van der Waals surface area contributed by atoms with Gasteiger partial charge in [0, 0.05) is 38.3 Å². The summed E-state index contributed by atoms with van der Waals surface area (Å²) in [6.07, 6.45) is 4.82. The van der Waals surface area contributed by atoms with E-state index in [0.717, 1.165) is 44.0 Å². The number of rotatable bonds is 9. The summed E-state index contributed by atoms with van der Waals surface area (Å²) in [5.41, 5.74) is 1.55. The monoisotopic (exact) mass is 506 g/mol. The lowest BCUT2D eigenvalue weighted by molar-refractivity contribution is 0.181. The molecule has 2 N–H and O–H groups in total. The van der Waals surface area contributed by atoms with Gasteiger partial charge in [-0.1, -0.05) is 19.4 Å². The Labute approximate surface area is 186 Å². The van der Waals surface area contributed by atoms with Crippen LogP contribution in [0.15, 0.2) is 23.2 Å². The fourth-order valence-electron chi connectivity index (χ4n) is 3.36. The van der Waals surface area contributed by atoms with Crippen LogP contribution in [0.4, 0.5) is 4.39 Å². The molecule has 0 aromatic heterocycles. The predicted molar refractivity (Wildman–Crippen MR) is 125 cm³/mol. The molecule has 160 valence electrons. The largest absolute Gasteiger partial charge is 0.380 e. The number of hydrogen-bond acceptors (Lipinski definition) is 3. The molecule has 1 aliphatic heterocycles. The molecule has 5 nitrogen and oxygen atoms in total. The summed E-state index contributed by atoms with van der Waals surface area (Å²) in [7, 11) is 1.57. The highest BCUT2D eigenvalue weighted by atomic mass is 127. The standard InChI is InChI=1S/C21H35FN4O.HI/c1-4-6-11-26-12-9-19(10-13-26)25-21(23-5-2)24-15-17-7-8-20(22)18(14-17)16-27-3;/h7-8,14,19H,4-6,9-13,15-16H2,1-3H3,(H2,23,24,25);1H. The Kier molecular flexibility index (Phi) is 12.7. The third-order valence-corrected chi connectivity index (χ3v) is 4.93. The smallest absolute Gasteiger partial charge is 0.191 e. The molecule has 0 unspecified atom stereocenters. The maximum absolute atomic E-state index is 13.7. The van der Waals surface area contributed by atoms with Gasteiger partial charge in [-0.15, -0.1) is 24.0 Å². The molecule has 0 bridgehead atoms. The zero-order valence-corrected chi connectivity index (χ0v) is 19.8. The molecule has 0 aliphatic carbocycles. The number of methoxy groups -OCH3 is 1. The highest BCUT2D eigenvalue weighted by molar-refractivity contribution is 14.0. The maximum Gasteiger partial charge on any atom is 0.191 e. The van der Waals surface area contributed by atoms with Crippen LogP contribution in [-0.4, -0.2) is 50.2 Å². The SMILES string of the molecule is CCCCN1CCC(NC(=NCc2ccc(F)c(COC)c2)NCC)CC1.I. The van der Waals surface area contributed by atoms with Crippen molar-refractivity contribution in [2.45, 2.75) is 58.7 Å². The van der Waals surface area contributed by atoms with Gasteiger partial charge >= 0.3 is 0 Å². The molecule has 1 saturated heterocycles. The zero-order chi connectivity index (χ0) is 19.5. The fraction of sp³-hybridized carbons (Fsp3) is 0.667. The Morgan fingerprint density at radius 1 is 1.29 bits per heavy atom. The molecule has 7 heteroatoms. The van der Waals surface area contributed by atoms with Crippen LogP contribution in [-0.2, 0) is 17.9 Å². The van der Waals surface area contributed by atoms with E-state index in [1.54, 1.807) is 13.2 Å². The minimum atomic E-state index is -0.232. The highest BCUT2D eigenvalue weighted by Crippen LogP contribution is 2.13. The van der Waals surface area contributed by atoms with E-state index in [-0.39, 0.29) is 36.4 Å². The van der Waals surface area contributed by atoms with Crippen LogP contribution in [0.5, 0.6) is 0 Å². The summed E-state index contributed by atoms with van der Waals surface area (Å²) in [4.78, 5) is 7.25. The van der Waals surface area contributed by atoms with Crippen LogP contribution in [0.2, 0.25) is 0 Å². The van der Waals surface area contributed by atoms with Gasteiger partial charge in [0.25, 0.3) is 0 Å². The number of halogens is 2. The number of unbranched alkanes of at least 4 members (excludes halogenated alkanes) is 1. The van der Waals surface area contributed by atoms with E-state index in [1.807, 2.05) is 6.07 Å². The molecule has 0 saturated carbocycles. The molecule has 1 fully saturated rings. The van der Waals surface area contributed by atoms with Crippen molar-refractivity contribution in [3.8, 4) is 0 Å². The topological polar surface area (TPSA) is 48.9 Å². The number of likely N-dealkylation sites (tertiary alicyclic amines) is 1. The van der Waals surface area contributed by atoms with Gasteiger partial charge in [-0.05, 0) is 50.4 Å². The van der Waals surface area contributed by atoms with Gasteiger partial charge in [-0.25, -0.2) is 9.38 Å². The first-order valence-electron chi connectivity index (χ1n) is 10.2. The molecule has 0 amide bonds. The first-order chi connectivity index (χ1) is 13.2. The lowest BCUT2D eigenvalue weighted by Crippen LogP contribution is -2.48. The number of aliphatic imine (C=N–C) groups is 1. The van der Waals surface area contributed by atoms with E-state index in [1.165, 1.54) is 25.5 Å². The summed E-state index contributed by atoms with van der Waals surface area (Å²) in [5.74, 6) is 0.603. The summed E-state index contributed by atoms with van der Waals surface area (Å²) in [6.45, 7) is 9.43. The van der Waals surface area contributed by atoms with Crippen LogP contribution in [0.1, 0.15) is 50.7 Å². The van der Waals surface area contributed by atoms with Crippen molar-refractivity contribution in [3.63, 3.8) is 0 Å². The van der Waals surface area contributed by atoms with Crippen molar-refractivity contribution in [1.29, 1.82) is 0 Å². The van der Waals surface area contributed by atoms with Gasteiger partial charge in [-0.3, -0.25) is 0 Å². The number of nitrogens with zero attached hydrogens (tertiary/aromatic N) is 2. The Hall–Kier alpha value is -0.930. The Balaban J connectivity index is 0.00000392. The third-order valence-electron chi connectivity index (χ3n) is 4.93. The summed E-state index contributed by atoms with van der Waals surface area (Å²) >= 11 is 0. The Bertz CT molecular complexity index is 592. The molecule has 2 rings (SSSR count). The lowest BCUT2D eigenvalue weighted by Gasteiger charge is -2.33. The van der Waals surface area contributed by atoms with Gasteiger partial charge in [0.2, 0.25) is 0 Å². The number of guanidine groups is 1. The number of ether oxygens (including phenoxy) is 1. The second-order valence-corrected chi connectivity index (χ2v) is 7.17. The summed E-state index contributed by atoms with van der Waals surface area (Å²) in [6, 6.07) is 5.57. The molecule has 0 spiro atoms. The summed E-state index contributed by atoms with van der Waals surface area (Å²) in [5, 5.41) is 6.89. The molecule has 1 heterocycles. The van der Waals surface area contributed by atoms with E-state index < -0.39 is 0 Å². The molecular weight excluding hydrogens is 470 g/mol. The molecule has 1 aliphatic rings. The van der Waals surface area contributed by atoms with Crippen LogP contribution in [0.25, 0.3) is 0 Å². The maximum atomic E-state index is 13.7. The van der Waals surface area contributed by atoms with Crippen molar-refractivity contribution in [3.05, 3.63) is 35.1 Å². The normalized spacial score (nSPS) is 15.9. The average molecular weight is 506 g/mol. The quantitative estimate of drug-likeness (QED) is 0.303. The molecule has 0 atom stereocenters. The second kappa shape index (κ2) is 14.1. The van der Waals surface area contributed by atoms with Crippen molar-refractivity contribution in [1.82, 2.24) is 15.5 Å². The van der Waals surface area contributed by atoms with Crippen LogP contribution in [0.3, 0.4) is 0 Å². The minimum Gasteiger partial charge on any atom is -0.380 e. The predicted octanol–water partition coefficient (Wildman–Crippen LogP) is 3.91. The lowest BCUT2D eigenvalue weighted by atomic mass is 10.0. The number of hydrogen-bond donors (Lipinski definition) is 2. The highest BCUT2D eigenvalue weighted by Gasteiger charge is 2.19. The zero-order valence-electron chi connectivity index (χ0n) is 17.5. The first kappa shape index (κ1) is 25.1. The van der Waals surface area contributed by atoms with E-state index in [4.69, 9.17) is 9.73 Å². The Morgan fingerprint density at radius 2 is 2.04 bits per heavy atom. The van der Waals surface area contributed by atoms with Crippen molar-refractivity contribution in [2.24, 2.45) is 4.99 Å². The van der Waals surface area contributed by atoms with Crippen molar-refractivity contribution in [2.75, 3.05) is 33.3 Å². The minimum absolute atomic E-state index is 0. The molecular formula is C21H36FIN4O. The molecule has 0 radical (unpaired) electrons. The average Bonchev–Trinajstić information content (AvgIpc) is 2.68. The van der Waals surface area contributed by atoms with Gasteiger partial charge in [-0.2, -0.15) is 0 Å². The summed E-state index contributed by atoms with van der Waals surface area (Å²) < 4.78 is 18.8. The van der Waals surface area contributed by atoms with Crippen LogP contribution >= 0.6 is 24.0 Å². The van der Waals surface area contributed by atoms with Gasteiger partial charge in [0.1, 0.15) is 5.82 Å². The van der Waals surface area contributed by atoms with Gasteiger partial charge < -0.3 is 20.3 Å². The number of piperidine rings is 1. The molecule has 1 aromatic carbocycles. The second-order valence-electron chi connectivity index (χ2n) is 7.17. The van der Waals surface area contributed by atoms with E-state index in [9.17, 15) is 4.39 Å². The number of benzene rings is 1. The molecule has 28 heavy (non-hydrogen) atoms. The number of nitrogens with one attached hydrogen (secondary N) is 2. The third kappa shape index (κ3) is 8.61. The fourth-order valence-corrected chi connectivity index (χ4v) is 3.36. The first-order valence-corrected chi connectivity index (χ1v) is 10.2.